The quantitative estimate of drug-likeness (QED) is 0.543. The molecule has 0 nitrogen and oxygen atoms in total. The fourth-order valence-corrected chi connectivity index (χ4v) is 4.02. The minimum atomic E-state index is 1.06. The van der Waals surface area contributed by atoms with Gasteiger partial charge >= 0.3 is 0 Å². The molecule has 0 radical (unpaired) electrons. The molecular weight excluding hydrogens is 168 g/mol. The molecule has 0 saturated heterocycles. The molecule has 0 saturated carbocycles. The Kier molecular flexibility index (Phi) is 1.40. The lowest BCUT2D eigenvalue weighted by Gasteiger charge is -2.17. The van der Waals surface area contributed by atoms with E-state index in [1.54, 1.807) is 0 Å². The summed E-state index contributed by atoms with van der Waals surface area (Å²) in [6, 6.07) is 0. The predicted octanol–water partition coefficient (Wildman–Crippen LogP) is 3.99. The van der Waals surface area contributed by atoms with Crippen LogP contribution < -0.4 is 0 Å². The summed E-state index contributed by atoms with van der Waals surface area (Å²) < 4.78 is 0. The first kappa shape index (κ1) is 7.73. The van der Waals surface area contributed by atoms with Crippen molar-refractivity contribution in [2.24, 2.45) is 11.8 Å². The number of hydrogen-bond acceptors (Lipinski definition) is 0. The van der Waals surface area contributed by atoms with E-state index >= 15 is 0 Å². The Morgan fingerprint density at radius 2 is 0.786 bits per heavy atom. The second-order valence-corrected chi connectivity index (χ2v) is 5.75. The van der Waals surface area contributed by atoms with E-state index in [4.69, 9.17) is 0 Å². The van der Waals surface area contributed by atoms with Gasteiger partial charge < -0.3 is 0 Å². The zero-order valence-corrected chi connectivity index (χ0v) is 8.81. The number of allylic oxidation sites excluding steroid dienone is 4. The van der Waals surface area contributed by atoms with Gasteiger partial charge in [0.2, 0.25) is 0 Å². The molecule has 0 fully saturated rings. The molecule has 0 atom stereocenters. The van der Waals surface area contributed by atoms with Crippen LogP contribution in [-0.4, -0.2) is 0 Å². The van der Waals surface area contributed by atoms with Crippen molar-refractivity contribution in [3.8, 4) is 0 Å². The van der Waals surface area contributed by atoms with E-state index in [2.05, 4.69) is 0 Å². The third-order valence-corrected chi connectivity index (χ3v) is 5.16. The molecule has 0 aliphatic heterocycles. The van der Waals surface area contributed by atoms with Crippen molar-refractivity contribution in [2.45, 2.75) is 51.4 Å². The highest BCUT2D eigenvalue weighted by Gasteiger charge is 2.38. The highest BCUT2D eigenvalue weighted by molar-refractivity contribution is 5.34. The average molecular weight is 186 g/mol. The van der Waals surface area contributed by atoms with Gasteiger partial charge in [-0.25, -0.2) is 0 Å². The Hall–Kier alpha value is -0.520. The fourth-order valence-electron chi connectivity index (χ4n) is 4.02. The predicted molar refractivity (Wildman–Crippen MR) is 58.0 cm³/mol. The maximum Gasteiger partial charge on any atom is -0.0280 e. The van der Waals surface area contributed by atoms with Crippen molar-refractivity contribution >= 4 is 0 Å². The maximum atomic E-state index is 1.87. The molecule has 4 rings (SSSR count). The molecule has 4 aliphatic rings. The van der Waals surface area contributed by atoms with Crippen molar-refractivity contribution in [1.82, 2.24) is 0 Å². The molecule has 0 N–H and O–H groups in total. The third-order valence-electron chi connectivity index (χ3n) is 5.16. The van der Waals surface area contributed by atoms with Crippen LogP contribution in [0.4, 0.5) is 0 Å². The van der Waals surface area contributed by atoms with Crippen LogP contribution in [-0.2, 0) is 0 Å². The summed E-state index contributed by atoms with van der Waals surface area (Å²) in [5.41, 5.74) is 7.46. The normalized spacial score (nSPS) is 31.7. The van der Waals surface area contributed by atoms with E-state index < -0.39 is 0 Å². The first-order valence-electron chi connectivity index (χ1n) is 6.29. The monoisotopic (exact) mass is 186 g/mol. The Morgan fingerprint density at radius 3 is 1.00 bits per heavy atom. The summed E-state index contributed by atoms with van der Waals surface area (Å²) in [5.74, 6) is 2.13. The maximum absolute atomic E-state index is 1.87. The summed E-state index contributed by atoms with van der Waals surface area (Å²) in [4.78, 5) is 0. The summed E-state index contributed by atoms with van der Waals surface area (Å²) in [6.07, 6.45) is 11.7. The van der Waals surface area contributed by atoms with Gasteiger partial charge in [0.05, 0.1) is 0 Å². The molecule has 0 aromatic rings. The summed E-state index contributed by atoms with van der Waals surface area (Å²) in [5, 5.41) is 0. The molecule has 0 amide bonds. The Balaban J connectivity index is 1.47. The van der Waals surface area contributed by atoms with Gasteiger partial charge in [0.15, 0.2) is 0 Å². The first-order valence-corrected chi connectivity index (χ1v) is 6.29. The van der Waals surface area contributed by atoms with Crippen molar-refractivity contribution in [2.75, 3.05) is 0 Å². The van der Waals surface area contributed by atoms with Crippen LogP contribution in [0, 0.1) is 11.8 Å². The van der Waals surface area contributed by atoms with Gasteiger partial charge in [-0.3, -0.25) is 0 Å². The lowest BCUT2D eigenvalue weighted by molar-refractivity contribution is 0.360. The summed E-state index contributed by atoms with van der Waals surface area (Å²) in [6.45, 7) is 0. The van der Waals surface area contributed by atoms with Crippen LogP contribution in [0.5, 0.6) is 0 Å². The van der Waals surface area contributed by atoms with Crippen LogP contribution in [0.25, 0.3) is 0 Å². The lowest BCUT2D eigenvalue weighted by atomic mass is 9.87. The van der Waals surface area contributed by atoms with Crippen LogP contribution >= 0.6 is 0 Å². The van der Waals surface area contributed by atoms with Gasteiger partial charge in [-0.05, 0) is 63.2 Å². The standard InChI is InChI=1S/C14H18/c1-2-10-6-13(5-9(1)10)14-7-11-3-4-12(11)8-14/h13-14H,1-8H2. The highest BCUT2D eigenvalue weighted by atomic mass is 14.4. The molecule has 0 heteroatoms. The van der Waals surface area contributed by atoms with E-state index in [0.29, 0.717) is 0 Å². The minimum absolute atomic E-state index is 1.06. The van der Waals surface area contributed by atoms with E-state index in [1.165, 1.54) is 51.4 Å². The van der Waals surface area contributed by atoms with Gasteiger partial charge in [0, 0.05) is 0 Å². The van der Waals surface area contributed by atoms with Gasteiger partial charge in [-0.15, -0.1) is 0 Å². The van der Waals surface area contributed by atoms with Gasteiger partial charge in [-0.2, -0.15) is 0 Å². The Bertz CT molecular complexity index is 288. The molecule has 0 bridgehead atoms. The SMILES string of the molecule is C1CC2=C1CC(C1CC3=C(CC3)C1)C2. The fraction of sp³-hybridized carbons (Fsp3) is 0.714. The van der Waals surface area contributed by atoms with Crippen molar-refractivity contribution in [3.63, 3.8) is 0 Å². The molecule has 74 valence electrons. The van der Waals surface area contributed by atoms with Crippen LogP contribution in [0.1, 0.15) is 51.4 Å². The van der Waals surface area contributed by atoms with Gasteiger partial charge in [0.25, 0.3) is 0 Å². The zero-order valence-electron chi connectivity index (χ0n) is 8.81. The van der Waals surface area contributed by atoms with Gasteiger partial charge in [0.1, 0.15) is 0 Å². The van der Waals surface area contributed by atoms with E-state index in [9.17, 15) is 0 Å². The van der Waals surface area contributed by atoms with Crippen LogP contribution in [0.2, 0.25) is 0 Å². The van der Waals surface area contributed by atoms with E-state index in [0.717, 1.165) is 11.8 Å². The van der Waals surface area contributed by atoms with Crippen molar-refractivity contribution < 1.29 is 0 Å². The molecule has 0 spiro atoms. The van der Waals surface area contributed by atoms with E-state index in [-0.39, 0.29) is 0 Å². The number of hydrogen-bond donors (Lipinski definition) is 0. The molecule has 0 unspecified atom stereocenters. The Morgan fingerprint density at radius 1 is 0.500 bits per heavy atom. The van der Waals surface area contributed by atoms with Crippen LogP contribution in [0.15, 0.2) is 22.3 Å². The molecule has 4 aliphatic carbocycles. The smallest absolute Gasteiger partial charge is 0.0280 e. The molecule has 14 heavy (non-hydrogen) atoms. The average Bonchev–Trinajstić information content (AvgIpc) is 2.55. The second kappa shape index (κ2) is 2.53. The molecule has 0 heterocycles. The lowest BCUT2D eigenvalue weighted by Crippen LogP contribution is -2.08. The first-order chi connectivity index (χ1) is 6.90. The number of rotatable bonds is 1. The highest BCUT2D eigenvalue weighted by Crippen LogP contribution is 2.53. The molecular formula is C14H18. The second-order valence-electron chi connectivity index (χ2n) is 5.75. The summed E-state index contributed by atoms with van der Waals surface area (Å²) in [7, 11) is 0. The zero-order chi connectivity index (χ0) is 9.12. The van der Waals surface area contributed by atoms with Gasteiger partial charge in [-0.1, -0.05) is 22.3 Å². The molecule has 0 aromatic carbocycles. The van der Waals surface area contributed by atoms with Crippen molar-refractivity contribution in [1.29, 1.82) is 0 Å². The topological polar surface area (TPSA) is 0 Å². The van der Waals surface area contributed by atoms with Crippen LogP contribution in [0.3, 0.4) is 0 Å². The Labute approximate surface area is 86.1 Å². The molecule has 0 aromatic heterocycles. The third kappa shape index (κ3) is 0.898. The van der Waals surface area contributed by atoms with E-state index in [1.807, 2.05) is 22.3 Å². The summed E-state index contributed by atoms with van der Waals surface area (Å²) >= 11 is 0. The van der Waals surface area contributed by atoms with Crippen molar-refractivity contribution in [3.05, 3.63) is 22.3 Å². The minimum Gasteiger partial charge on any atom is -0.0704 e. The largest absolute Gasteiger partial charge is 0.0704 e.